The minimum Gasteiger partial charge on any atom is -0.484 e. The first-order valence-electron chi connectivity index (χ1n) is 7.54. The monoisotopic (exact) mass is 308 g/mol. The number of piperidine rings is 1. The molecule has 1 aliphatic rings. The van der Waals surface area contributed by atoms with Crippen molar-refractivity contribution in [3.63, 3.8) is 0 Å². The van der Waals surface area contributed by atoms with Gasteiger partial charge in [0.05, 0.1) is 0 Å². The molecule has 1 aromatic rings. The third-order valence-corrected chi connectivity index (χ3v) is 3.71. The molecule has 0 bridgehead atoms. The lowest BCUT2D eigenvalue weighted by Gasteiger charge is -2.32. The van der Waals surface area contributed by atoms with E-state index in [4.69, 9.17) is 4.74 Å². The first-order valence-corrected chi connectivity index (χ1v) is 7.54. The maximum Gasteiger partial charge on any atom is 0.260 e. The number of carbonyl (C=O) groups excluding carboxylic acids is 2. The number of benzene rings is 1. The number of carbonyl (C=O) groups is 2. The summed E-state index contributed by atoms with van der Waals surface area (Å²) >= 11 is 0. The van der Waals surface area contributed by atoms with Gasteiger partial charge >= 0.3 is 0 Å². The average molecular weight is 308 g/mol. The van der Waals surface area contributed by atoms with Gasteiger partial charge in [-0.05, 0) is 37.1 Å². The van der Waals surface area contributed by atoms with E-state index >= 15 is 0 Å². The van der Waals surface area contributed by atoms with Crippen molar-refractivity contribution in [1.29, 1.82) is 0 Å². The molecular weight excluding hydrogens is 287 g/mol. The summed E-state index contributed by atoms with van der Waals surface area (Å²) in [5.41, 5.74) is 0. The molecule has 2 rings (SSSR count). The number of nitrogens with one attached hydrogen (secondary N) is 1. The zero-order valence-electron chi connectivity index (χ0n) is 12.7. The molecule has 0 saturated carbocycles. The zero-order chi connectivity index (χ0) is 15.9. The minimum absolute atomic E-state index is 0.0458. The number of rotatable bonds is 5. The fraction of sp³-hybridized carbons (Fsp3) is 0.500. The highest BCUT2D eigenvalue weighted by Crippen LogP contribution is 2.13. The van der Waals surface area contributed by atoms with Crippen LogP contribution in [-0.4, -0.2) is 42.5 Å². The molecule has 0 unspecified atom stereocenters. The maximum absolute atomic E-state index is 12.8. The Morgan fingerprint density at radius 1 is 1.27 bits per heavy atom. The van der Waals surface area contributed by atoms with E-state index < -0.39 is 0 Å². The minimum atomic E-state index is -0.338. The van der Waals surface area contributed by atoms with E-state index in [2.05, 4.69) is 5.32 Å². The summed E-state index contributed by atoms with van der Waals surface area (Å²) in [4.78, 5) is 25.1. The molecule has 1 N–H and O–H groups in total. The molecule has 1 saturated heterocycles. The summed E-state index contributed by atoms with van der Waals surface area (Å²) in [6.45, 7) is 2.99. The van der Waals surface area contributed by atoms with Crippen molar-refractivity contribution in [1.82, 2.24) is 10.2 Å². The number of hydrogen-bond donors (Lipinski definition) is 1. The van der Waals surface area contributed by atoms with E-state index in [1.54, 1.807) is 4.90 Å². The third kappa shape index (κ3) is 4.72. The summed E-state index contributed by atoms with van der Waals surface area (Å²) in [5.74, 6) is 0.0868. The van der Waals surface area contributed by atoms with E-state index in [-0.39, 0.29) is 30.3 Å². The average Bonchev–Trinajstić information content (AvgIpc) is 2.54. The third-order valence-electron chi connectivity index (χ3n) is 3.71. The van der Waals surface area contributed by atoms with Gasteiger partial charge in [0.2, 0.25) is 5.91 Å². The molecule has 0 radical (unpaired) electrons. The predicted octanol–water partition coefficient (Wildman–Crippen LogP) is 1.72. The maximum atomic E-state index is 12.8. The van der Waals surface area contributed by atoms with Crippen molar-refractivity contribution in [2.24, 2.45) is 0 Å². The van der Waals surface area contributed by atoms with E-state index in [1.165, 1.54) is 24.3 Å². The molecular formula is C16H21FN2O3. The van der Waals surface area contributed by atoms with Crippen LogP contribution in [0.25, 0.3) is 0 Å². The number of nitrogens with zero attached hydrogens (tertiary/aromatic N) is 1. The molecule has 0 aromatic heterocycles. The second-order valence-electron chi connectivity index (χ2n) is 5.32. The van der Waals surface area contributed by atoms with Gasteiger partial charge < -0.3 is 15.0 Å². The highest BCUT2D eigenvalue weighted by molar-refractivity contribution is 5.78. The number of likely N-dealkylation sites (tertiary alicyclic amines) is 1. The van der Waals surface area contributed by atoms with Crippen molar-refractivity contribution in [3.8, 4) is 5.75 Å². The summed E-state index contributed by atoms with van der Waals surface area (Å²) in [6, 6.07) is 5.72. The Balaban J connectivity index is 1.73. The molecule has 0 spiro atoms. The van der Waals surface area contributed by atoms with E-state index in [1.807, 2.05) is 6.92 Å². The smallest absolute Gasteiger partial charge is 0.260 e. The largest absolute Gasteiger partial charge is 0.484 e. The van der Waals surface area contributed by atoms with Gasteiger partial charge in [-0.2, -0.15) is 0 Å². The van der Waals surface area contributed by atoms with Gasteiger partial charge in [-0.25, -0.2) is 4.39 Å². The van der Waals surface area contributed by atoms with Gasteiger partial charge in [0, 0.05) is 25.6 Å². The van der Waals surface area contributed by atoms with Crippen molar-refractivity contribution >= 4 is 11.8 Å². The standard InChI is InChI=1S/C16H21FN2O3/c1-2-15(20)18-13-7-9-19(10-8-13)16(21)11-22-14-5-3-12(17)4-6-14/h3-6,13H,2,7-11H2,1H3,(H,18,20). The Hall–Kier alpha value is -2.11. The van der Waals surface area contributed by atoms with Crippen LogP contribution < -0.4 is 10.1 Å². The van der Waals surface area contributed by atoms with Gasteiger partial charge in [0.15, 0.2) is 6.61 Å². The molecule has 1 aromatic carbocycles. The lowest BCUT2D eigenvalue weighted by Crippen LogP contribution is -2.47. The Kier molecular flexibility index (Phi) is 5.75. The number of amides is 2. The number of halogens is 1. The van der Waals surface area contributed by atoms with Crippen molar-refractivity contribution < 1.29 is 18.7 Å². The molecule has 6 heteroatoms. The van der Waals surface area contributed by atoms with Crippen LogP contribution >= 0.6 is 0 Å². The van der Waals surface area contributed by atoms with Crippen LogP contribution in [0.1, 0.15) is 26.2 Å². The van der Waals surface area contributed by atoms with Crippen LogP contribution in [0.4, 0.5) is 4.39 Å². The quantitative estimate of drug-likeness (QED) is 0.901. The van der Waals surface area contributed by atoms with Gasteiger partial charge in [-0.1, -0.05) is 6.92 Å². The molecule has 1 aliphatic heterocycles. The molecule has 1 heterocycles. The van der Waals surface area contributed by atoms with Crippen LogP contribution in [0.2, 0.25) is 0 Å². The van der Waals surface area contributed by atoms with E-state index in [0.717, 1.165) is 12.8 Å². The second-order valence-corrected chi connectivity index (χ2v) is 5.32. The first kappa shape index (κ1) is 16.3. The second kappa shape index (κ2) is 7.77. The number of hydrogen-bond acceptors (Lipinski definition) is 3. The van der Waals surface area contributed by atoms with Crippen LogP contribution in [0.3, 0.4) is 0 Å². The summed E-state index contributed by atoms with van der Waals surface area (Å²) in [6.07, 6.45) is 1.99. The van der Waals surface area contributed by atoms with Crippen LogP contribution in [-0.2, 0) is 9.59 Å². The Morgan fingerprint density at radius 3 is 2.50 bits per heavy atom. The lowest BCUT2D eigenvalue weighted by atomic mass is 10.0. The predicted molar refractivity (Wildman–Crippen MR) is 79.9 cm³/mol. The highest BCUT2D eigenvalue weighted by Gasteiger charge is 2.23. The SMILES string of the molecule is CCC(=O)NC1CCN(C(=O)COc2ccc(F)cc2)CC1. The van der Waals surface area contributed by atoms with Crippen LogP contribution in [0.5, 0.6) is 5.75 Å². The zero-order valence-corrected chi connectivity index (χ0v) is 12.7. The Bertz CT molecular complexity index is 511. The Labute approximate surface area is 129 Å². The summed E-state index contributed by atoms with van der Waals surface area (Å²) in [5, 5.41) is 2.95. The molecule has 0 aliphatic carbocycles. The van der Waals surface area contributed by atoms with E-state index in [9.17, 15) is 14.0 Å². The number of ether oxygens (including phenoxy) is 1. The first-order chi connectivity index (χ1) is 10.6. The fourth-order valence-corrected chi connectivity index (χ4v) is 2.37. The Morgan fingerprint density at radius 2 is 1.91 bits per heavy atom. The van der Waals surface area contributed by atoms with Gasteiger partial charge in [-0.15, -0.1) is 0 Å². The van der Waals surface area contributed by atoms with Crippen molar-refractivity contribution in [3.05, 3.63) is 30.1 Å². The molecule has 0 atom stereocenters. The molecule has 2 amide bonds. The summed E-state index contributed by atoms with van der Waals surface area (Å²) in [7, 11) is 0. The highest BCUT2D eigenvalue weighted by atomic mass is 19.1. The molecule has 22 heavy (non-hydrogen) atoms. The van der Waals surface area contributed by atoms with Gasteiger partial charge in [0.25, 0.3) is 5.91 Å². The van der Waals surface area contributed by atoms with Gasteiger partial charge in [0.1, 0.15) is 11.6 Å². The van der Waals surface area contributed by atoms with Crippen molar-refractivity contribution in [2.75, 3.05) is 19.7 Å². The van der Waals surface area contributed by atoms with Gasteiger partial charge in [-0.3, -0.25) is 9.59 Å². The van der Waals surface area contributed by atoms with Crippen LogP contribution in [0.15, 0.2) is 24.3 Å². The summed E-state index contributed by atoms with van der Waals surface area (Å²) < 4.78 is 18.1. The topological polar surface area (TPSA) is 58.6 Å². The van der Waals surface area contributed by atoms with Crippen LogP contribution in [0, 0.1) is 5.82 Å². The van der Waals surface area contributed by atoms with E-state index in [0.29, 0.717) is 25.3 Å². The lowest BCUT2D eigenvalue weighted by molar-refractivity contribution is -0.134. The normalized spacial score (nSPS) is 15.5. The van der Waals surface area contributed by atoms with Crippen molar-refractivity contribution in [2.45, 2.75) is 32.2 Å². The molecule has 5 nitrogen and oxygen atoms in total. The molecule has 120 valence electrons. The molecule has 1 fully saturated rings. The fourth-order valence-electron chi connectivity index (χ4n) is 2.37.